The quantitative estimate of drug-likeness (QED) is 0.887. The summed E-state index contributed by atoms with van der Waals surface area (Å²) in [6, 6.07) is 5.73. The minimum absolute atomic E-state index is 0.0811. The van der Waals surface area contributed by atoms with Crippen molar-refractivity contribution in [2.24, 2.45) is 0 Å². The third kappa shape index (κ3) is 3.71. The number of hydrogen-bond acceptors (Lipinski definition) is 2. The van der Waals surface area contributed by atoms with Gasteiger partial charge in [0.25, 0.3) is 5.92 Å². The van der Waals surface area contributed by atoms with E-state index < -0.39 is 18.2 Å². The summed E-state index contributed by atoms with van der Waals surface area (Å²) >= 11 is 0. The highest BCUT2D eigenvalue weighted by atomic mass is 19.3. The zero-order chi connectivity index (χ0) is 13.0. The molecule has 0 atom stereocenters. The number of alkyl halides is 2. The van der Waals surface area contributed by atoms with Gasteiger partial charge in [-0.2, -0.15) is 0 Å². The summed E-state index contributed by atoms with van der Waals surface area (Å²) in [5, 5.41) is 3.11. The molecule has 1 saturated heterocycles. The molecule has 1 aliphatic rings. The molecule has 0 aromatic heterocycles. The lowest BCUT2D eigenvalue weighted by molar-refractivity contribution is -0.0343. The van der Waals surface area contributed by atoms with Crippen molar-refractivity contribution in [3.63, 3.8) is 0 Å². The Bertz CT molecular complexity index is 390. The third-order valence-corrected chi connectivity index (χ3v) is 3.07. The second-order valence-corrected chi connectivity index (χ2v) is 4.65. The van der Waals surface area contributed by atoms with Crippen molar-refractivity contribution in [1.82, 2.24) is 10.2 Å². The Labute approximate surface area is 105 Å². The average Bonchev–Trinajstić information content (AvgIpc) is 2.32. The number of nitrogens with zero attached hydrogens (tertiary/aromatic N) is 1. The van der Waals surface area contributed by atoms with E-state index in [1.54, 1.807) is 11.0 Å². The zero-order valence-electron chi connectivity index (χ0n) is 10.1. The molecular formula is C13H17F3N2. The summed E-state index contributed by atoms with van der Waals surface area (Å²) in [6.45, 7) is 2.40. The van der Waals surface area contributed by atoms with Gasteiger partial charge in [-0.3, -0.25) is 4.90 Å². The molecule has 1 N–H and O–H groups in total. The molecular weight excluding hydrogens is 241 g/mol. The highest BCUT2D eigenvalue weighted by Crippen LogP contribution is 2.23. The summed E-state index contributed by atoms with van der Waals surface area (Å²) in [7, 11) is 0. The molecule has 1 aliphatic heterocycles. The van der Waals surface area contributed by atoms with Gasteiger partial charge in [0.1, 0.15) is 5.82 Å². The molecule has 1 aromatic carbocycles. The smallest absolute Gasteiger partial charge is 0.264 e. The summed E-state index contributed by atoms with van der Waals surface area (Å²) in [4.78, 5) is 1.72. The minimum atomic E-state index is -2.89. The van der Waals surface area contributed by atoms with Crippen molar-refractivity contribution in [3.8, 4) is 0 Å². The fourth-order valence-corrected chi connectivity index (χ4v) is 2.17. The summed E-state index contributed by atoms with van der Waals surface area (Å²) in [6.07, 6.45) is -0.538. The van der Waals surface area contributed by atoms with E-state index in [9.17, 15) is 13.2 Å². The van der Waals surface area contributed by atoms with Gasteiger partial charge in [0, 0.05) is 32.6 Å². The van der Waals surface area contributed by atoms with Gasteiger partial charge in [0.15, 0.2) is 0 Å². The predicted molar refractivity (Wildman–Crippen MR) is 64.4 cm³/mol. The molecule has 100 valence electrons. The molecule has 2 nitrogen and oxygen atoms in total. The Morgan fingerprint density at radius 2 is 1.83 bits per heavy atom. The average molecular weight is 258 g/mol. The summed E-state index contributed by atoms with van der Waals surface area (Å²) in [5.74, 6) is -3.45. The van der Waals surface area contributed by atoms with Crippen molar-refractivity contribution < 1.29 is 13.2 Å². The number of benzene rings is 1. The highest BCUT2D eigenvalue weighted by Gasteiger charge is 2.33. The topological polar surface area (TPSA) is 15.3 Å². The predicted octanol–water partition coefficient (Wildman–Crippen LogP) is 1.91. The molecule has 1 fully saturated rings. The van der Waals surface area contributed by atoms with Gasteiger partial charge >= 0.3 is 0 Å². The first-order chi connectivity index (χ1) is 8.57. The Balaban J connectivity index is 1.96. The van der Waals surface area contributed by atoms with Crippen LogP contribution in [0.1, 0.15) is 5.56 Å². The summed E-state index contributed by atoms with van der Waals surface area (Å²) < 4.78 is 41.0. The molecule has 5 heteroatoms. The van der Waals surface area contributed by atoms with E-state index in [4.69, 9.17) is 0 Å². The standard InChI is InChI=1S/C13H17F3N2/c14-12-4-2-1-3-11(12)9-13(15,16)10-18-7-5-17-6-8-18/h1-4,17H,5-10H2. The van der Waals surface area contributed by atoms with Gasteiger partial charge in [-0.25, -0.2) is 13.2 Å². The molecule has 0 saturated carbocycles. The van der Waals surface area contributed by atoms with Gasteiger partial charge in [0.05, 0.1) is 6.54 Å². The molecule has 0 radical (unpaired) electrons. The van der Waals surface area contributed by atoms with E-state index >= 15 is 0 Å². The van der Waals surface area contributed by atoms with E-state index in [0.717, 1.165) is 13.1 Å². The molecule has 2 rings (SSSR count). The molecule has 18 heavy (non-hydrogen) atoms. The maximum atomic E-state index is 13.8. The number of piperazine rings is 1. The molecule has 0 unspecified atom stereocenters. The largest absolute Gasteiger partial charge is 0.314 e. The minimum Gasteiger partial charge on any atom is -0.314 e. The number of nitrogens with one attached hydrogen (secondary N) is 1. The fourth-order valence-electron chi connectivity index (χ4n) is 2.17. The lowest BCUT2D eigenvalue weighted by Gasteiger charge is -2.30. The first-order valence-corrected chi connectivity index (χ1v) is 6.11. The molecule has 1 aromatic rings. The van der Waals surface area contributed by atoms with Crippen molar-refractivity contribution >= 4 is 0 Å². The number of halogens is 3. The molecule has 0 aliphatic carbocycles. The first kappa shape index (κ1) is 13.4. The van der Waals surface area contributed by atoms with Crippen LogP contribution in [0.15, 0.2) is 24.3 Å². The van der Waals surface area contributed by atoms with Gasteiger partial charge in [-0.15, -0.1) is 0 Å². The van der Waals surface area contributed by atoms with Gasteiger partial charge in [-0.1, -0.05) is 18.2 Å². The molecule has 0 bridgehead atoms. The van der Waals surface area contributed by atoms with Crippen LogP contribution in [-0.4, -0.2) is 43.5 Å². The maximum Gasteiger partial charge on any atom is 0.264 e. The Hall–Kier alpha value is -1.07. The van der Waals surface area contributed by atoms with Gasteiger partial charge in [-0.05, 0) is 11.6 Å². The maximum absolute atomic E-state index is 13.8. The summed E-state index contributed by atoms with van der Waals surface area (Å²) in [5.41, 5.74) is 0.0811. The zero-order valence-corrected chi connectivity index (χ0v) is 10.1. The van der Waals surface area contributed by atoms with Crippen LogP contribution in [0.5, 0.6) is 0 Å². The van der Waals surface area contributed by atoms with E-state index in [-0.39, 0.29) is 12.1 Å². The molecule has 1 heterocycles. The Morgan fingerprint density at radius 3 is 2.50 bits per heavy atom. The molecule has 0 spiro atoms. The number of rotatable bonds is 4. The van der Waals surface area contributed by atoms with E-state index in [1.807, 2.05) is 0 Å². The normalized spacial score (nSPS) is 17.9. The Kier molecular flexibility index (Phi) is 4.24. The van der Waals surface area contributed by atoms with Crippen molar-refractivity contribution in [3.05, 3.63) is 35.6 Å². The van der Waals surface area contributed by atoms with Crippen LogP contribution in [-0.2, 0) is 6.42 Å². The lowest BCUT2D eigenvalue weighted by atomic mass is 10.1. The fraction of sp³-hybridized carbons (Fsp3) is 0.538. The van der Waals surface area contributed by atoms with Crippen LogP contribution in [0.4, 0.5) is 13.2 Å². The van der Waals surface area contributed by atoms with Crippen molar-refractivity contribution in [2.75, 3.05) is 32.7 Å². The first-order valence-electron chi connectivity index (χ1n) is 6.11. The second-order valence-electron chi connectivity index (χ2n) is 4.65. The van der Waals surface area contributed by atoms with E-state index in [1.165, 1.54) is 18.2 Å². The SMILES string of the molecule is Fc1ccccc1CC(F)(F)CN1CCNCC1. The van der Waals surface area contributed by atoms with Gasteiger partial charge < -0.3 is 5.32 Å². The van der Waals surface area contributed by atoms with Crippen LogP contribution in [0.3, 0.4) is 0 Å². The van der Waals surface area contributed by atoms with Crippen LogP contribution < -0.4 is 5.32 Å². The van der Waals surface area contributed by atoms with Crippen LogP contribution >= 0.6 is 0 Å². The Morgan fingerprint density at radius 1 is 1.17 bits per heavy atom. The highest BCUT2D eigenvalue weighted by molar-refractivity contribution is 5.18. The molecule has 0 amide bonds. The van der Waals surface area contributed by atoms with E-state index in [0.29, 0.717) is 13.1 Å². The van der Waals surface area contributed by atoms with Crippen molar-refractivity contribution in [1.29, 1.82) is 0 Å². The third-order valence-electron chi connectivity index (χ3n) is 3.07. The van der Waals surface area contributed by atoms with Crippen molar-refractivity contribution in [2.45, 2.75) is 12.3 Å². The van der Waals surface area contributed by atoms with E-state index in [2.05, 4.69) is 5.32 Å². The lowest BCUT2D eigenvalue weighted by Crippen LogP contribution is -2.48. The van der Waals surface area contributed by atoms with Crippen LogP contribution in [0, 0.1) is 5.82 Å². The monoisotopic (exact) mass is 258 g/mol. The van der Waals surface area contributed by atoms with Crippen LogP contribution in [0.2, 0.25) is 0 Å². The second kappa shape index (κ2) is 5.71. The number of hydrogen-bond donors (Lipinski definition) is 1. The van der Waals surface area contributed by atoms with Crippen LogP contribution in [0.25, 0.3) is 0 Å². The van der Waals surface area contributed by atoms with Gasteiger partial charge in [0.2, 0.25) is 0 Å².